The van der Waals surface area contributed by atoms with Crippen molar-refractivity contribution in [2.75, 3.05) is 26.0 Å². The normalized spacial score (nSPS) is 11.8. The molecule has 2 N–H and O–H groups in total. The number of carbonyl (C=O) groups is 2. The van der Waals surface area contributed by atoms with E-state index in [0.717, 1.165) is 5.56 Å². The standard InChI is InChI=1S/C16H21N5O2/c1-17-15(12-9-18-21(3)10-12)16(23)20(2)11-14(22)19-13-7-5-4-6-8-13/h4-10,15,17H,11H2,1-3H3,(H,19,22). The fourth-order valence-corrected chi connectivity index (χ4v) is 2.26. The van der Waals surface area contributed by atoms with Crippen LogP contribution in [-0.2, 0) is 16.6 Å². The van der Waals surface area contributed by atoms with Crippen LogP contribution in [0.15, 0.2) is 42.7 Å². The molecule has 23 heavy (non-hydrogen) atoms. The van der Waals surface area contributed by atoms with Gasteiger partial charge in [0, 0.05) is 31.5 Å². The summed E-state index contributed by atoms with van der Waals surface area (Å²) >= 11 is 0. The van der Waals surface area contributed by atoms with Gasteiger partial charge < -0.3 is 15.5 Å². The van der Waals surface area contributed by atoms with E-state index in [0.29, 0.717) is 5.69 Å². The van der Waals surface area contributed by atoms with Crippen LogP contribution in [0.3, 0.4) is 0 Å². The van der Waals surface area contributed by atoms with Crippen molar-refractivity contribution in [1.82, 2.24) is 20.0 Å². The molecule has 1 unspecified atom stereocenters. The van der Waals surface area contributed by atoms with E-state index in [1.54, 1.807) is 50.4 Å². The van der Waals surface area contributed by atoms with E-state index in [1.165, 1.54) is 4.90 Å². The third kappa shape index (κ3) is 4.40. The van der Waals surface area contributed by atoms with Gasteiger partial charge in [0.15, 0.2) is 0 Å². The van der Waals surface area contributed by atoms with Gasteiger partial charge in [-0.2, -0.15) is 5.10 Å². The molecule has 122 valence electrons. The van der Waals surface area contributed by atoms with Crippen LogP contribution in [0.4, 0.5) is 5.69 Å². The molecule has 0 bridgehead atoms. The van der Waals surface area contributed by atoms with E-state index >= 15 is 0 Å². The Kier molecular flexibility index (Phi) is 5.48. The summed E-state index contributed by atoms with van der Waals surface area (Å²) in [7, 11) is 5.10. The molecule has 0 aliphatic heterocycles. The number of rotatable bonds is 6. The lowest BCUT2D eigenvalue weighted by atomic mass is 10.1. The number of para-hydroxylation sites is 1. The van der Waals surface area contributed by atoms with E-state index in [2.05, 4.69) is 15.7 Å². The molecule has 2 amide bonds. The van der Waals surface area contributed by atoms with Crippen LogP contribution in [0.2, 0.25) is 0 Å². The molecule has 0 radical (unpaired) electrons. The van der Waals surface area contributed by atoms with Crippen molar-refractivity contribution in [3.8, 4) is 0 Å². The number of nitrogens with one attached hydrogen (secondary N) is 2. The van der Waals surface area contributed by atoms with Gasteiger partial charge in [0.1, 0.15) is 6.04 Å². The average Bonchev–Trinajstić information content (AvgIpc) is 2.95. The first kappa shape index (κ1) is 16.7. The zero-order chi connectivity index (χ0) is 16.8. The van der Waals surface area contributed by atoms with Crippen LogP contribution >= 0.6 is 0 Å². The smallest absolute Gasteiger partial charge is 0.244 e. The Morgan fingerprint density at radius 1 is 1.30 bits per heavy atom. The maximum absolute atomic E-state index is 12.5. The van der Waals surface area contributed by atoms with Crippen LogP contribution in [0.25, 0.3) is 0 Å². The van der Waals surface area contributed by atoms with Gasteiger partial charge in [-0.05, 0) is 19.2 Å². The second kappa shape index (κ2) is 7.55. The van der Waals surface area contributed by atoms with Crippen LogP contribution in [-0.4, -0.2) is 47.1 Å². The predicted molar refractivity (Wildman–Crippen MR) is 87.7 cm³/mol. The summed E-state index contributed by atoms with van der Waals surface area (Å²) in [4.78, 5) is 26.0. The second-order valence-electron chi connectivity index (χ2n) is 5.28. The molecular formula is C16H21N5O2. The Morgan fingerprint density at radius 3 is 2.57 bits per heavy atom. The topological polar surface area (TPSA) is 79.3 Å². The highest BCUT2D eigenvalue weighted by atomic mass is 16.2. The number of anilines is 1. The van der Waals surface area contributed by atoms with Gasteiger partial charge in [-0.15, -0.1) is 0 Å². The van der Waals surface area contributed by atoms with E-state index in [9.17, 15) is 9.59 Å². The number of likely N-dealkylation sites (N-methyl/N-ethyl adjacent to an activating group) is 2. The summed E-state index contributed by atoms with van der Waals surface area (Å²) in [5.41, 5.74) is 1.46. The van der Waals surface area contributed by atoms with Crippen LogP contribution < -0.4 is 10.6 Å². The minimum atomic E-state index is -0.529. The van der Waals surface area contributed by atoms with Gasteiger partial charge >= 0.3 is 0 Å². The Balaban J connectivity index is 1.97. The van der Waals surface area contributed by atoms with E-state index < -0.39 is 6.04 Å². The van der Waals surface area contributed by atoms with Gasteiger partial charge in [-0.25, -0.2) is 0 Å². The number of aromatic nitrogens is 2. The van der Waals surface area contributed by atoms with Crippen molar-refractivity contribution in [2.24, 2.45) is 7.05 Å². The van der Waals surface area contributed by atoms with Crippen molar-refractivity contribution < 1.29 is 9.59 Å². The van der Waals surface area contributed by atoms with E-state index in [-0.39, 0.29) is 18.4 Å². The zero-order valence-electron chi connectivity index (χ0n) is 13.5. The number of aryl methyl sites for hydroxylation is 1. The van der Waals surface area contributed by atoms with Crippen molar-refractivity contribution in [2.45, 2.75) is 6.04 Å². The van der Waals surface area contributed by atoms with Crippen molar-refractivity contribution >= 4 is 17.5 Å². The molecule has 0 fully saturated rings. The first-order valence-corrected chi connectivity index (χ1v) is 7.27. The van der Waals surface area contributed by atoms with E-state index in [4.69, 9.17) is 0 Å². The molecule has 7 heteroatoms. The van der Waals surface area contributed by atoms with Gasteiger partial charge in [0.2, 0.25) is 11.8 Å². The van der Waals surface area contributed by atoms with Gasteiger partial charge in [-0.1, -0.05) is 18.2 Å². The molecule has 0 saturated heterocycles. The molecule has 0 saturated carbocycles. The highest BCUT2D eigenvalue weighted by Gasteiger charge is 2.24. The van der Waals surface area contributed by atoms with Gasteiger partial charge in [-0.3, -0.25) is 14.3 Å². The Morgan fingerprint density at radius 2 is 2.00 bits per heavy atom. The lowest BCUT2D eigenvalue weighted by molar-refractivity contribution is -0.135. The average molecular weight is 315 g/mol. The number of hydrogen-bond acceptors (Lipinski definition) is 4. The van der Waals surface area contributed by atoms with Crippen LogP contribution in [0, 0.1) is 0 Å². The van der Waals surface area contributed by atoms with Crippen molar-refractivity contribution in [3.05, 3.63) is 48.3 Å². The molecule has 0 spiro atoms. The minimum absolute atomic E-state index is 0.0217. The molecule has 2 rings (SSSR count). The molecule has 7 nitrogen and oxygen atoms in total. The van der Waals surface area contributed by atoms with Crippen LogP contribution in [0.5, 0.6) is 0 Å². The Bertz CT molecular complexity index is 668. The predicted octanol–water partition coefficient (Wildman–Crippen LogP) is 0.778. The molecular weight excluding hydrogens is 294 g/mol. The molecule has 1 aromatic heterocycles. The monoisotopic (exact) mass is 315 g/mol. The molecule has 1 aromatic carbocycles. The maximum atomic E-state index is 12.5. The Labute approximate surface area is 135 Å². The van der Waals surface area contributed by atoms with Gasteiger partial charge in [0.25, 0.3) is 0 Å². The van der Waals surface area contributed by atoms with Crippen molar-refractivity contribution in [1.29, 1.82) is 0 Å². The molecule has 1 heterocycles. The van der Waals surface area contributed by atoms with Crippen molar-refractivity contribution in [3.63, 3.8) is 0 Å². The lowest BCUT2D eigenvalue weighted by Gasteiger charge is -2.22. The summed E-state index contributed by atoms with van der Waals surface area (Å²) in [6.45, 7) is -0.0217. The fourth-order valence-electron chi connectivity index (χ4n) is 2.26. The maximum Gasteiger partial charge on any atom is 0.244 e. The van der Waals surface area contributed by atoms with Crippen LogP contribution in [0.1, 0.15) is 11.6 Å². The summed E-state index contributed by atoms with van der Waals surface area (Å²) in [6.07, 6.45) is 3.41. The largest absolute Gasteiger partial charge is 0.335 e. The highest BCUT2D eigenvalue weighted by Crippen LogP contribution is 2.14. The number of benzene rings is 1. The number of amides is 2. The van der Waals surface area contributed by atoms with E-state index in [1.807, 2.05) is 18.2 Å². The highest BCUT2D eigenvalue weighted by molar-refractivity contribution is 5.95. The summed E-state index contributed by atoms with van der Waals surface area (Å²) < 4.78 is 1.63. The fraction of sp³-hybridized carbons (Fsp3) is 0.312. The number of hydrogen-bond donors (Lipinski definition) is 2. The minimum Gasteiger partial charge on any atom is -0.335 e. The lowest BCUT2D eigenvalue weighted by Crippen LogP contribution is -2.41. The first-order chi connectivity index (χ1) is 11.0. The third-order valence-corrected chi connectivity index (χ3v) is 3.41. The Hall–Kier alpha value is -2.67. The summed E-state index contributed by atoms with van der Waals surface area (Å²) in [5.74, 6) is -0.434. The molecule has 2 aromatic rings. The quantitative estimate of drug-likeness (QED) is 0.825. The SMILES string of the molecule is CNC(C(=O)N(C)CC(=O)Nc1ccccc1)c1cnn(C)c1. The molecule has 1 atom stereocenters. The molecule has 0 aliphatic rings. The first-order valence-electron chi connectivity index (χ1n) is 7.27. The number of carbonyl (C=O) groups excluding carboxylic acids is 2. The second-order valence-corrected chi connectivity index (χ2v) is 5.28. The number of nitrogens with zero attached hydrogens (tertiary/aromatic N) is 3. The third-order valence-electron chi connectivity index (χ3n) is 3.41. The summed E-state index contributed by atoms with van der Waals surface area (Å²) in [5, 5.41) is 9.79. The zero-order valence-corrected chi connectivity index (χ0v) is 13.5. The van der Waals surface area contributed by atoms with Gasteiger partial charge in [0.05, 0.1) is 12.7 Å². The molecule has 0 aliphatic carbocycles. The summed E-state index contributed by atoms with van der Waals surface area (Å²) in [6, 6.07) is 8.61.